The molecule has 0 rings (SSSR count). The van der Waals surface area contributed by atoms with Gasteiger partial charge in [-0.25, -0.2) is 0 Å². The second-order valence-corrected chi connectivity index (χ2v) is 7.24. The molecule has 0 aliphatic heterocycles. The van der Waals surface area contributed by atoms with E-state index in [1.54, 1.807) is 0 Å². The number of nitrogens with one attached hydrogen (secondary N) is 1. The summed E-state index contributed by atoms with van der Waals surface area (Å²) < 4.78 is 0. The van der Waals surface area contributed by atoms with Crippen LogP contribution in [0, 0.1) is 0 Å². The fraction of sp³-hybridized carbons (Fsp3) is 0.952. The number of likely N-dealkylation sites (N-methyl/N-ethyl adjacent to an activating group) is 1. The van der Waals surface area contributed by atoms with Crippen molar-refractivity contribution in [1.29, 1.82) is 0 Å². The van der Waals surface area contributed by atoms with Crippen LogP contribution in [-0.2, 0) is 4.79 Å². The van der Waals surface area contributed by atoms with E-state index in [0.29, 0.717) is 6.42 Å². The summed E-state index contributed by atoms with van der Waals surface area (Å²) in [5, 5.41) is 3.01. The zero-order valence-electron chi connectivity index (χ0n) is 16.9. The molecule has 0 saturated carbocycles. The Morgan fingerprint density at radius 3 is 1.67 bits per heavy atom. The number of nitrogens with zero attached hydrogens (tertiary/aromatic N) is 1. The highest BCUT2D eigenvalue weighted by Crippen LogP contribution is 2.12. The molecule has 0 aromatic heterocycles. The van der Waals surface area contributed by atoms with Crippen LogP contribution in [0.5, 0.6) is 0 Å². The summed E-state index contributed by atoms with van der Waals surface area (Å²) in [5.41, 5.74) is 0. The first kappa shape index (κ1) is 23.4. The maximum absolute atomic E-state index is 11.7. The molecule has 0 aliphatic rings. The molecule has 144 valence electrons. The standard InChI is InChI=1S/C21H44N2O/c1-4-6-7-8-9-10-11-12-13-14-15-16-17-18-21(24)22-19-20-23(3)5-2/h4-20H2,1-3H3,(H,22,24). The van der Waals surface area contributed by atoms with Gasteiger partial charge in [0.25, 0.3) is 0 Å². The summed E-state index contributed by atoms with van der Waals surface area (Å²) >= 11 is 0. The molecule has 0 bridgehead atoms. The van der Waals surface area contributed by atoms with Crippen LogP contribution >= 0.6 is 0 Å². The normalized spacial score (nSPS) is 11.2. The Bertz CT molecular complexity index is 269. The van der Waals surface area contributed by atoms with E-state index < -0.39 is 0 Å². The van der Waals surface area contributed by atoms with E-state index in [1.165, 1.54) is 77.0 Å². The van der Waals surface area contributed by atoms with Gasteiger partial charge in [-0.15, -0.1) is 0 Å². The van der Waals surface area contributed by atoms with Crippen molar-refractivity contribution in [1.82, 2.24) is 10.2 Å². The maximum atomic E-state index is 11.7. The molecule has 1 amide bonds. The van der Waals surface area contributed by atoms with Gasteiger partial charge >= 0.3 is 0 Å². The Morgan fingerprint density at radius 1 is 0.750 bits per heavy atom. The molecule has 1 N–H and O–H groups in total. The zero-order chi connectivity index (χ0) is 17.9. The molecular weight excluding hydrogens is 296 g/mol. The van der Waals surface area contributed by atoms with Crippen molar-refractivity contribution in [2.24, 2.45) is 0 Å². The molecule has 0 spiro atoms. The summed E-state index contributed by atoms with van der Waals surface area (Å²) in [7, 11) is 2.08. The van der Waals surface area contributed by atoms with Gasteiger partial charge in [-0.05, 0) is 20.0 Å². The molecule has 24 heavy (non-hydrogen) atoms. The number of rotatable bonds is 18. The number of carbonyl (C=O) groups excluding carboxylic acids is 1. The Labute approximate surface area is 152 Å². The lowest BCUT2D eigenvalue weighted by Gasteiger charge is -2.13. The van der Waals surface area contributed by atoms with Crippen LogP contribution in [0.2, 0.25) is 0 Å². The average molecular weight is 341 g/mol. The van der Waals surface area contributed by atoms with E-state index in [4.69, 9.17) is 0 Å². The van der Waals surface area contributed by atoms with E-state index in [2.05, 4.69) is 31.1 Å². The number of hydrogen-bond donors (Lipinski definition) is 1. The smallest absolute Gasteiger partial charge is 0.220 e. The SMILES string of the molecule is CCCCCCCCCCCCCCCC(=O)NCCN(C)CC. The number of hydrogen-bond acceptors (Lipinski definition) is 2. The van der Waals surface area contributed by atoms with Crippen LogP contribution < -0.4 is 5.32 Å². The lowest BCUT2D eigenvalue weighted by molar-refractivity contribution is -0.121. The molecule has 0 aliphatic carbocycles. The van der Waals surface area contributed by atoms with Crippen LogP contribution in [0.15, 0.2) is 0 Å². The summed E-state index contributed by atoms with van der Waals surface area (Å²) in [4.78, 5) is 13.9. The van der Waals surface area contributed by atoms with Crippen molar-refractivity contribution in [3.63, 3.8) is 0 Å². The third-order valence-corrected chi connectivity index (χ3v) is 4.86. The van der Waals surface area contributed by atoms with Gasteiger partial charge in [-0.3, -0.25) is 4.79 Å². The molecule has 0 aromatic carbocycles. The lowest BCUT2D eigenvalue weighted by Crippen LogP contribution is -2.32. The van der Waals surface area contributed by atoms with Crippen molar-refractivity contribution in [2.75, 3.05) is 26.7 Å². The van der Waals surface area contributed by atoms with E-state index in [0.717, 1.165) is 26.1 Å². The second kappa shape index (κ2) is 18.8. The van der Waals surface area contributed by atoms with Crippen molar-refractivity contribution in [2.45, 2.75) is 104 Å². The third kappa shape index (κ3) is 17.8. The largest absolute Gasteiger partial charge is 0.355 e. The van der Waals surface area contributed by atoms with Crippen LogP contribution in [-0.4, -0.2) is 37.5 Å². The molecule has 0 unspecified atom stereocenters. The van der Waals surface area contributed by atoms with E-state index in [-0.39, 0.29) is 5.91 Å². The molecule has 3 heteroatoms. The Kier molecular flexibility index (Phi) is 18.3. The molecule has 0 saturated heterocycles. The molecule has 0 aromatic rings. The van der Waals surface area contributed by atoms with Gasteiger partial charge in [0.2, 0.25) is 5.91 Å². The average Bonchev–Trinajstić information content (AvgIpc) is 2.58. The van der Waals surface area contributed by atoms with E-state index in [1.807, 2.05) is 0 Å². The summed E-state index contributed by atoms with van der Waals surface area (Å²) in [5.74, 6) is 0.225. The van der Waals surface area contributed by atoms with Crippen molar-refractivity contribution in [3.05, 3.63) is 0 Å². The van der Waals surface area contributed by atoms with Gasteiger partial charge in [0, 0.05) is 19.5 Å². The summed E-state index contributed by atoms with van der Waals surface area (Å²) in [6.07, 6.45) is 18.3. The summed E-state index contributed by atoms with van der Waals surface area (Å²) in [6, 6.07) is 0. The number of amides is 1. The molecule has 0 heterocycles. The van der Waals surface area contributed by atoms with Crippen LogP contribution in [0.4, 0.5) is 0 Å². The summed E-state index contributed by atoms with van der Waals surface area (Å²) in [6.45, 7) is 7.17. The van der Waals surface area contributed by atoms with Gasteiger partial charge in [0.15, 0.2) is 0 Å². The van der Waals surface area contributed by atoms with Crippen LogP contribution in [0.3, 0.4) is 0 Å². The fourth-order valence-corrected chi connectivity index (χ4v) is 2.94. The fourth-order valence-electron chi connectivity index (χ4n) is 2.94. The van der Waals surface area contributed by atoms with E-state index >= 15 is 0 Å². The highest BCUT2D eigenvalue weighted by Gasteiger charge is 2.01. The van der Waals surface area contributed by atoms with Gasteiger partial charge in [-0.2, -0.15) is 0 Å². The predicted molar refractivity (Wildman–Crippen MR) is 106 cm³/mol. The first-order valence-electron chi connectivity index (χ1n) is 10.7. The first-order valence-corrected chi connectivity index (χ1v) is 10.7. The third-order valence-electron chi connectivity index (χ3n) is 4.86. The van der Waals surface area contributed by atoms with Crippen molar-refractivity contribution >= 4 is 5.91 Å². The molecular formula is C21H44N2O. The Morgan fingerprint density at radius 2 is 1.21 bits per heavy atom. The van der Waals surface area contributed by atoms with E-state index in [9.17, 15) is 4.79 Å². The highest BCUT2D eigenvalue weighted by atomic mass is 16.1. The van der Waals surface area contributed by atoms with Crippen molar-refractivity contribution in [3.8, 4) is 0 Å². The van der Waals surface area contributed by atoms with Gasteiger partial charge in [0.05, 0.1) is 0 Å². The van der Waals surface area contributed by atoms with Crippen LogP contribution in [0.1, 0.15) is 104 Å². The van der Waals surface area contributed by atoms with Crippen LogP contribution in [0.25, 0.3) is 0 Å². The number of unbranched alkanes of at least 4 members (excludes halogenated alkanes) is 12. The number of carbonyl (C=O) groups is 1. The second-order valence-electron chi connectivity index (χ2n) is 7.24. The molecule has 3 nitrogen and oxygen atoms in total. The Balaban J connectivity index is 3.15. The maximum Gasteiger partial charge on any atom is 0.220 e. The van der Waals surface area contributed by atoms with Gasteiger partial charge < -0.3 is 10.2 Å². The highest BCUT2D eigenvalue weighted by molar-refractivity contribution is 5.75. The topological polar surface area (TPSA) is 32.3 Å². The molecule has 0 fully saturated rings. The lowest BCUT2D eigenvalue weighted by atomic mass is 10.0. The molecule has 0 atom stereocenters. The minimum absolute atomic E-state index is 0.225. The minimum atomic E-state index is 0.225. The predicted octanol–water partition coefficient (Wildman–Crippen LogP) is 5.54. The zero-order valence-corrected chi connectivity index (χ0v) is 16.9. The monoisotopic (exact) mass is 340 g/mol. The van der Waals surface area contributed by atoms with Gasteiger partial charge in [0.1, 0.15) is 0 Å². The van der Waals surface area contributed by atoms with Gasteiger partial charge in [-0.1, -0.05) is 90.9 Å². The molecule has 0 radical (unpaired) electrons. The minimum Gasteiger partial charge on any atom is -0.355 e. The quantitative estimate of drug-likeness (QED) is 0.332. The Hall–Kier alpha value is -0.570. The first-order chi connectivity index (χ1) is 11.7. The van der Waals surface area contributed by atoms with Crippen molar-refractivity contribution < 1.29 is 4.79 Å².